The number of nitrogens with two attached hydrogens (primary N) is 1. The van der Waals surface area contributed by atoms with E-state index in [4.69, 9.17) is 10.5 Å². The third kappa shape index (κ3) is 1.23. The molecule has 1 aliphatic rings. The summed E-state index contributed by atoms with van der Waals surface area (Å²) in [6.45, 7) is 0.727. The van der Waals surface area contributed by atoms with E-state index in [1.165, 1.54) is 0 Å². The molecule has 0 amide bonds. The predicted molar refractivity (Wildman–Crippen MR) is 51.2 cm³/mol. The molecule has 0 bridgehead atoms. The van der Waals surface area contributed by atoms with Gasteiger partial charge in [0.1, 0.15) is 5.75 Å². The van der Waals surface area contributed by atoms with Crippen molar-refractivity contribution in [3.63, 3.8) is 0 Å². The Morgan fingerprint density at radius 2 is 2.33 bits per heavy atom. The third-order valence-corrected chi connectivity index (χ3v) is 2.76. The van der Waals surface area contributed by atoms with E-state index in [1.807, 2.05) is 18.2 Å². The summed E-state index contributed by atoms with van der Waals surface area (Å²) < 4.78 is 6.51. The highest BCUT2D eigenvalue weighted by molar-refractivity contribution is 9.10. The molecule has 0 aromatic heterocycles. The largest absolute Gasteiger partial charge is 0.493 e. The molecule has 1 atom stereocenters. The van der Waals surface area contributed by atoms with Gasteiger partial charge in [0.15, 0.2) is 0 Å². The smallest absolute Gasteiger partial charge is 0.125 e. The van der Waals surface area contributed by atoms with Crippen molar-refractivity contribution in [2.24, 2.45) is 5.73 Å². The maximum absolute atomic E-state index is 5.94. The van der Waals surface area contributed by atoms with Gasteiger partial charge in [-0.3, -0.25) is 0 Å². The van der Waals surface area contributed by atoms with Gasteiger partial charge in [0.25, 0.3) is 0 Å². The lowest BCUT2D eigenvalue weighted by molar-refractivity contribution is 0.268. The summed E-state index contributed by atoms with van der Waals surface area (Å²) in [4.78, 5) is 0. The molecule has 1 aliphatic heterocycles. The molecule has 0 fully saturated rings. The first-order chi connectivity index (χ1) is 5.79. The molecule has 1 aromatic carbocycles. The van der Waals surface area contributed by atoms with Crippen molar-refractivity contribution in [3.8, 4) is 5.75 Å². The van der Waals surface area contributed by atoms with Crippen LogP contribution in [0, 0.1) is 0 Å². The Morgan fingerprint density at radius 1 is 1.50 bits per heavy atom. The number of ether oxygens (including phenoxy) is 1. The van der Waals surface area contributed by atoms with E-state index in [1.54, 1.807) is 0 Å². The first-order valence-electron chi connectivity index (χ1n) is 3.96. The maximum Gasteiger partial charge on any atom is 0.125 e. The first kappa shape index (κ1) is 8.08. The fraction of sp³-hybridized carbons (Fsp3) is 0.333. The molecule has 3 heteroatoms. The van der Waals surface area contributed by atoms with Gasteiger partial charge < -0.3 is 10.5 Å². The first-order valence-corrected chi connectivity index (χ1v) is 4.75. The van der Waals surface area contributed by atoms with Crippen LogP contribution in [0.4, 0.5) is 0 Å². The molecular formula is C9H10BrNO. The topological polar surface area (TPSA) is 35.2 Å². The normalized spacial score (nSPS) is 21.3. The Kier molecular flexibility index (Phi) is 2.07. The van der Waals surface area contributed by atoms with Gasteiger partial charge in [0.05, 0.1) is 6.61 Å². The van der Waals surface area contributed by atoms with E-state index in [0.717, 1.165) is 28.8 Å². The second-order valence-electron chi connectivity index (χ2n) is 2.90. The monoisotopic (exact) mass is 227 g/mol. The van der Waals surface area contributed by atoms with Gasteiger partial charge in [-0.2, -0.15) is 0 Å². The second-order valence-corrected chi connectivity index (χ2v) is 3.75. The summed E-state index contributed by atoms with van der Waals surface area (Å²) in [5.41, 5.74) is 7.04. The summed E-state index contributed by atoms with van der Waals surface area (Å²) in [6.07, 6.45) is 0.898. The highest BCUT2D eigenvalue weighted by Gasteiger charge is 2.19. The quantitative estimate of drug-likeness (QED) is 0.738. The van der Waals surface area contributed by atoms with E-state index in [2.05, 4.69) is 15.9 Å². The minimum absolute atomic E-state index is 0.115. The van der Waals surface area contributed by atoms with Gasteiger partial charge >= 0.3 is 0 Å². The molecule has 0 unspecified atom stereocenters. The lowest BCUT2D eigenvalue weighted by atomic mass is 10.0. The molecule has 1 aromatic rings. The van der Waals surface area contributed by atoms with E-state index in [0.29, 0.717) is 0 Å². The van der Waals surface area contributed by atoms with Crippen LogP contribution < -0.4 is 10.5 Å². The number of hydrogen-bond donors (Lipinski definition) is 1. The average molecular weight is 228 g/mol. The van der Waals surface area contributed by atoms with Crippen molar-refractivity contribution in [2.45, 2.75) is 12.5 Å². The molecule has 0 aliphatic carbocycles. The zero-order valence-corrected chi connectivity index (χ0v) is 8.17. The number of halogens is 1. The summed E-state index contributed by atoms with van der Waals surface area (Å²) in [5.74, 6) is 0.920. The van der Waals surface area contributed by atoms with Crippen LogP contribution in [-0.2, 0) is 0 Å². The third-order valence-electron chi connectivity index (χ3n) is 2.07. The van der Waals surface area contributed by atoms with E-state index < -0.39 is 0 Å². The SMILES string of the molecule is N[C@@H]1CCOc2cccc(Br)c21. The van der Waals surface area contributed by atoms with Gasteiger partial charge in [-0.1, -0.05) is 22.0 Å². The van der Waals surface area contributed by atoms with E-state index in [-0.39, 0.29) is 6.04 Å². The van der Waals surface area contributed by atoms with Gasteiger partial charge in [0, 0.05) is 22.5 Å². The molecule has 1 heterocycles. The molecule has 0 spiro atoms. The Morgan fingerprint density at radius 3 is 3.08 bits per heavy atom. The van der Waals surface area contributed by atoms with Crippen LogP contribution in [0.25, 0.3) is 0 Å². The Balaban J connectivity index is 2.53. The van der Waals surface area contributed by atoms with Gasteiger partial charge in [-0.15, -0.1) is 0 Å². The van der Waals surface area contributed by atoms with Gasteiger partial charge in [-0.05, 0) is 12.1 Å². The zero-order chi connectivity index (χ0) is 8.55. The fourth-order valence-electron chi connectivity index (χ4n) is 1.44. The summed E-state index contributed by atoms with van der Waals surface area (Å²) in [5, 5.41) is 0. The van der Waals surface area contributed by atoms with Crippen LogP contribution >= 0.6 is 15.9 Å². The van der Waals surface area contributed by atoms with Gasteiger partial charge in [0.2, 0.25) is 0 Å². The minimum Gasteiger partial charge on any atom is -0.493 e. The van der Waals surface area contributed by atoms with Crippen molar-refractivity contribution in [1.82, 2.24) is 0 Å². The molecule has 0 saturated carbocycles. The van der Waals surface area contributed by atoms with Crippen LogP contribution in [0.2, 0.25) is 0 Å². The number of hydrogen-bond acceptors (Lipinski definition) is 2. The highest BCUT2D eigenvalue weighted by Crippen LogP contribution is 2.35. The van der Waals surface area contributed by atoms with Crippen LogP contribution in [0.1, 0.15) is 18.0 Å². The lowest BCUT2D eigenvalue weighted by Gasteiger charge is -2.23. The molecule has 0 radical (unpaired) electrons. The Hall–Kier alpha value is -0.540. The molecule has 0 saturated heterocycles. The van der Waals surface area contributed by atoms with E-state index >= 15 is 0 Å². The second kappa shape index (κ2) is 3.07. The van der Waals surface area contributed by atoms with Crippen molar-refractivity contribution >= 4 is 15.9 Å². The summed E-state index contributed by atoms with van der Waals surface area (Å²) in [6, 6.07) is 6.03. The number of rotatable bonds is 0. The molecule has 2 N–H and O–H groups in total. The molecular weight excluding hydrogens is 218 g/mol. The van der Waals surface area contributed by atoms with Crippen LogP contribution in [0.5, 0.6) is 5.75 Å². The molecule has 12 heavy (non-hydrogen) atoms. The summed E-state index contributed by atoms with van der Waals surface area (Å²) >= 11 is 3.46. The van der Waals surface area contributed by atoms with E-state index in [9.17, 15) is 0 Å². The van der Waals surface area contributed by atoms with Gasteiger partial charge in [-0.25, -0.2) is 0 Å². The average Bonchev–Trinajstić information content (AvgIpc) is 2.04. The molecule has 64 valence electrons. The molecule has 2 nitrogen and oxygen atoms in total. The van der Waals surface area contributed by atoms with Crippen molar-refractivity contribution in [2.75, 3.05) is 6.61 Å². The molecule has 2 rings (SSSR count). The van der Waals surface area contributed by atoms with Crippen molar-refractivity contribution < 1.29 is 4.74 Å². The fourth-order valence-corrected chi connectivity index (χ4v) is 2.09. The maximum atomic E-state index is 5.94. The Labute approximate surface area is 79.8 Å². The van der Waals surface area contributed by atoms with Crippen LogP contribution in [-0.4, -0.2) is 6.61 Å². The zero-order valence-electron chi connectivity index (χ0n) is 6.59. The predicted octanol–water partition coefficient (Wildman–Crippen LogP) is 2.23. The van der Waals surface area contributed by atoms with Crippen molar-refractivity contribution in [3.05, 3.63) is 28.2 Å². The van der Waals surface area contributed by atoms with Crippen LogP contribution in [0.3, 0.4) is 0 Å². The minimum atomic E-state index is 0.115. The number of fused-ring (bicyclic) bond motifs is 1. The van der Waals surface area contributed by atoms with Crippen LogP contribution in [0.15, 0.2) is 22.7 Å². The summed E-state index contributed by atoms with van der Waals surface area (Å²) in [7, 11) is 0. The highest BCUT2D eigenvalue weighted by atomic mass is 79.9. The standard InChI is InChI=1S/C9H10BrNO/c10-6-2-1-3-8-9(6)7(11)4-5-12-8/h1-3,7H,4-5,11H2/t7-/m1/s1. The Bertz CT molecular complexity index is 301. The lowest BCUT2D eigenvalue weighted by Crippen LogP contribution is -2.20. The van der Waals surface area contributed by atoms with Crippen molar-refractivity contribution in [1.29, 1.82) is 0 Å². The number of benzene rings is 1.